The van der Waals surface area contributed by atoms with Gasteiger partial charge in [0.2, 0.25) is 0 Å². The summed E-state index contributed by atoms with van der Waals surface area (Å²) in [6, 6.07) is 6.85. The monoisotopic (exact) mass is 339 g/mol. The number of carbonyl (C=O) groups excluding carboxylic acids is 1. The second kappa shape index (κ2) is 7.04. The van der Waals surface area contributed by atoms with Crippen molar-refractivity contribution in [3.63, 3.8) is 0 Å². The van der Waals surface area contributed by atoms with E-state index in [0.717, 1.165) is 0 Å². The summed E-state index contributed by atoms with van der Waals surface area (Å²) in [7, 11) is -4.07. The van der Waals surface area contributed by atoms with Crippen LogP contribution >= 0.6 is 7.60 Å². The zero-order valence-electron chi connectivity index (χ0n) is 9.70. The van der Waals surface area contributed by atoms with E-state index in [-0.39, 0.29) is 6.61 Å². The van der Waals surface area contributed by atoms with Crippen LogP contribution in [0, 0.1) is 0 Å². The third kappa shape index (κ3) is 5.31. The Morgan fingerprint density at radius 1 is 1.44 bits per heavy atom. The second-order valence-corrected chi connectivity index (χ2v) is 6.89. The van der Waals surface area contributed by atoms with Crippen LogP contribution in [0.4, 0.5) is 0 Å². The van der Waals surface area contributed by atoms with Gasteiger partial charge in [0.1, 0.15) is 0 Å². The molecule has 0 saturated heterocycles. The topological polar surface area (TPSA) is 95.9 Å². The summed E-state index contributed by atoms with van der Waals surface area (Å²) in [4.78, 5) is 29.1. The number of ether oxygens (including phenoxy) is 1. The summed E-state index contributed by atoms with van der Waals surface area (Å²) in [5, 5.41) is 0. The van der Waals surface area contributed by atoms with Crippen molar-refractivity contribution in [1.82, 2.24) is 4.33 Å². The van der Waals surface area contributed by atoms with E-state index in [4.69, 9.17) is 14.5 Å². The predicted octanol–water partition coefficient (Wildman–Crippen LogP) is -0.167. The average Bonchev–Trinajstić information content (AvgIpc) is 2.28. The Kier molecular flexibility index (Phi) is 6.02. The second-order valence-electron chi connectivity index (χ2n) is 3.29. The molecular weight excluding hydrogens is 324 g/mol. The summed E-state index contributed by atoms with van der Waals surface area (Å²) >= 11 is -0.398. The molecule has 0 unspecified atom stereocenters. The van der Waals surface area contributed by atoms with Gasteiger partial charge in [-0.3, -0.25) is 0 Å². The Hall–Kier alpha value is -0.681. The first-order valence-corrected chi connectivity index (χ1v) is 8.65. The van der Waals surface area contributed by atoms with Crippen molar-refractivity contribution in [3.05, 3.63) is 29.8 Å². The Bertz CT molecular complexity index is 461. The van der Waals surface area contributed by atoms with E-state index in [1.807, 2.05) is 0 Å². The molecule has 0 heterocycles. The normalized spacial score (nSPS) is 11.3. The number of rotatable bonds is 6. The minimum atomic E-state index is -4.07. The third-order valence-corrected chi connectivity index (χ3v) is 4.70. The number of hydrogen-bond acceptors (Lipinski definition) is 4. The van der Waals surface area contributed by atoms with Gasteiger partial charge in [-0.1, -0.05) is 0 Å². The maximum absolute atomic E-state index is 11.6. The summed E-state index contributed by atoms with van der Waals surface area (Å²) in [5.41, 5.74) is 0.428. The van der Waals surface area contributed by atoms with Crippen LogP contribution in [-0.2, 0) is 9.30 Å². The summed E-state index contributed by atoms with van der Waals surface area (Å²) < 4.78 is 19.0. The van der Waals surface area contributed by atoms with Crippen molar-refractivity contribution in [1.29, 1.82) is 0 Å². The van der Waals surface area contributed by atoms with Gasteiger partial charge in [-0.25, -0.2) is 0 Å². The number of benzene rings is 1. The van der Waals surface area contributed by atoms with Crippen molar-refractivity contribution in [2.24, 2.45) is 0 Å². The molecule has 0 aliphatic rings. The molecule has 0 atom stereocenters. The quantitative estimate of drug-likeness (QED) is 0.379. The number of esters is 1. The zero-order valence-corrected chi connectivity index (χ0v) is 12.3. The summed E-state index contributed by atoms with van der Waals surface area (Å²) in [6.45, 7) is 2.01. The molecule has 0 bridgehead atoms. The Morgan fingerprint density at radius 2 is 2.11 bits per heavy atom. The van der Waals surface area contributed by atoms with Crippen LogP contribution in [0.25, 0.3) is 0 Å². The third-order valence-electron chi connectivity index (χ3n) is 1.84. The van der Waals surface area contributed by atoms with Crippen molar-refractivity contribution in [2.45, 2.75) is 6.92 Å². The summed E-state index contributed by atoms with van der Waals surface area (Å²) in [6.07, 6.45) is -0.399. The van der Waals surface area contributed by atoms with E-state index in [9.17, 15) is 9.36 Å². The predicted molar refractivity (Wildman–Crippen MR) is 67.8 cm³/mol. The fourth-order valence-electron chi connectivity index (χ4n) is 1.13. The van der Waals surface area contributed by atoms with Crippen LogP contribution in [0.3, 0.4) is 0 Å². The molecule has 6 nitrogen and oxygen atoms in total. The van der Waals surface area contributed by atoms with Gasteiger partial charge in [0, 0.05) is 0 Å². The molecule has 1 aromatic rings. The number of carbonyl (C=O) groups is 1. The Labute approximate surface area is 111 Å². The van der Waals surface area contributed by atoms with Crippen LogP contribution in [-0.4, -0.2) is 43.8 Å². The van der Waals surface area contributed by atoms with Crippen LogP contribution in [0.2, 0.25) is 0 Å². The van der Waals surface area contributed by atoms with E-state index in [1.165, 1.54) is 0 Å². The van der Waals surface area contributed by atoms with Gasteiger partial charge < -0.3 is 0 Å². The zero-order chi connectivity index (χ0) is 13.6. The molecule has 3 N–H and O–H groups in total. The van der Waals surface area contributed by atoms with Crippen LogP contribution in [0.15, 0.2) is 24.3 Å². The molecule has 0 spiro atoms. The van der Waals surface area contributed by atoms with E-state index in [1.54, 1.807) is 31.2 Å². The molecule has 0 aliphatic carbocycles. The first-order valence-electron chi connectivity index (χ1n) is 5.14. The Morgan fingerprint density at radius 3 is 2.72 bits per heavy atom. The molecule has 0 saturated carbocycles. The van der Waals surface area contributed by atoms with Gasteiger partial charge >= 0.3 is 111 Å². The molecule has 0 aliphatic heterocycles. The van der Waals surface area contributed by atoms with E-state index in [2.05, 4.69) is 4.33 Å². The van der Waals surface area contributed by atoms with Crippen LogP contribution in [0.1, 0.15) is 17.3 Å². The van der Waals surface area contributed by atoms with Crippen molar-refractivity contribution < 1.29 is 23.9 Å². The molecule has 0 fully saturated rings. The van der Waals surface area contributed by atoms with Gasteiger partial charge in [-0.05, 0) is 0 Å². The fraction of sp³-hybridized carbons (Fsp3) is 0.300. The van der Waals surface area contributed by atoms with E-state index >= 15 is 0 Å². The number of nitrogens with one attached hydrogen (secondary N) is 1. The van der Waals surface area contributed by atoms with Gasteiger partial charge in [-0.2, -0.15) is 0 Å². The molecule has 0 amide bonds. The Balaban J connectivity index is 2.70. The first kappa shape index (κ1) is 15.4. The fourth-order valence-corrected chi connectivity index (χ4v) is 4.01. The van der Waals surface area contributed by atoms with Crippen molar-refractivity contribution >= 4 is 33.2 Å². The molecule has 8 heteroatoms. The SMILES string of the molecule is CCOC(=O)c1ccccc1[Se]NCP(=O)(O)O. The van der Waals surface area contributed by atoms with Crippen LogP contribution in [0.5, 0.6) is 0 Å². The molecular formula is C10H14NO5PSe. The van der Waals surface area contributed by atoms with Crippen LogP contribution < -0.4 is 8.79 Å². The van der Waals surface area contributed by atoms with Gasteiger partial charge in [0.25, 0.3) is 0 Å². The molecule has 0 radical (unpaired) electrons. The van der Waals surface area contributed by atoms with Gasteiger partial charge in [0.05, 0.1) is 0 Å². The average molecular weight is 338 g/mol. The molecule has 1 rings (SSSR count). The standard InChI is InChI=1S/C10H14NO5PSe/c1-2-16-10(12)8-5-3-4-6-9(8)18-11-7-17(13,14)15/h3-6,11H,2,7H2,1H3,(H2,13,14,15). The first-order chi connectivity index (χ1) is 8.44. The van der Waals surface area contributed by atoms with Gasteiger partial charge in [0.15, 0.2) is 0 Å². The molecule has 1 aromatic carbocycles. The molecule has 100 valence electrons. The van der Waals surface area contributed by atoms with Crippen molar-refractivity contribution in [2.75, 3.05) is 12.9 Å². The van der Waals surface area contributed by atoms with Crippen molar-refractivity contribution in [3.8, 4) is 0 Å². The van der Waals surface area contributed by atoms with E-state index in [0.29, 0.717) is 10.0 Å². The maximum atomic E-state index is 11.6. The van der Waals surface area contributed by atoms with Gasteiger partial charge in [-0.15, -0.1) is 0 Å². The number of hydrogen-bond donors (Lipinski definition) is 3. The summed E-state index contributed by atoms with van der Waals surface area (Å²) in [5.74, 6) is -0.423. The molecule has 18 heavy (non-hydrogen) atoms. The molecule has 0 aromatic heterocycles. The van der Waals surface area contributed by atoms with E-state index < -0.39 is 35.0 Å². The minimum absolute atomic E-state index is 0.288.